The minimum atomic E-state index is -0.519. The molecule has 0 bridgehead atoms. The summed E-state index contributed by atoms with van der Waals surface area (Å²) in [7, 11) is 0. The fourth-order valence-corrected chi connectivity index (χ4v) is 2.49. The Hall–Kier alpha value is -3.20. The topological polar surface area (TPSA) is 43.4 Å². The van der Waals surface area contributed by atoms with Crippen LogP contribution in [-0.2, 0) is 4.79 Å². The van der Waals surface area contributed by atoms with Crippen LogP contribution in [0.2, 0.25) is 0 Å². The predicted molar refractivity (Wildman–Crippen MR) is 96.8 cm³/mol. The molecular formula is C22H18O3. The maximum atomic E-state index is 12.6. The SMILES string of the molecule is [2H]c1ccc(OC(=O)C(C)c2cccc(C(=O)c3ccccc3)c2)cc1. The molecule has 3 nitrogen and oxygen atoms in total. The highest BCUT2D eigenvalue weighted by Crippen LogP contribution is 2.21. The number of hydrogen-bond acceptors (Lipinski definition) is 3. The maximum Gasteiger partial charge on any atom is 0.318 e. The number of carbonyl (C=O) groups is 2. The summed E-state index contributed by atoms with van der Waals surface area (Å²) in [5.41, 5.74) is 1.86. The molecule has 3 aromatic carbocycles. The van der Waals surface area contributed by atoms with Gasteiger partial charge >= 0.3 is 5.97 Å². The normalized spacial score (nSPS) is 12.1. The molecule has 25 heavy (non-hydrogen) atoms. The van der Waals surface area contributed by atoms with Gasteiger partial charge in [-0.15, -0.1) is 0 Å². The minimum Gasteiger partial charge on any atom is -0.426 e. The number of carbonyl (C=O) groups excluding carboxylic acids is 2. The molecule has 0 amide bonds. The Morgan fingerprint density at radius 2 is 1.56 bits per heavy atom. The second kappa shape index (κ2) is 7.58. The van der Waals surface area contributed by atoms with Crippen molar-refractivity contribution in [2.75, 3.05) is 0 Å². The first-order valence-electron chi connectivity index (χ1n) is 8.52. The Morgan fingerprint density at radius 1 is 0.880 bits per heavy atom. The molecule has 0 spiro atoms. The third kappa shape index (κ3) is 4.01. The number of ether oxygens (including phenoxy) is 1. The van der Waals surface area contributed by atoms with Crippen molar-refractivity contribution in [1.82, 2.24) is 0 Å². The zero-order valence-electron chi connectivity index (χ0n) is 14.8. The Morgan fingerprint density at radius 3 is 2.28 bits per heavy atom. The Bertz CT molecular complexity index is 918. The average molecular weight is 331 g/mol. The molecule has 0 heterocycles. The van der Waals surface area contributed by atoms with Crippen LogP contribution in [0.5, 0.6) is 5.75 Å². The first-order chi connectivity index (χ1) is 12.5. The van der Waals surface area contributed by atoms with Gasteiger partial charge in [-0.1, -0.05) is 66.7 Å². The highest BCUT2D eigenvalue weighted by atomic mass is 16.5. The molecule has 0 saturated heterocycles. The van der Waals surface area contributed by atoms with Gasteiger partial charge in [-0.3, -0.25) is 9.59 Å². The molecule has 1 unspecified atom stereocenters. The van der Waals surface area contributed by atoms with E-state index >= 15 is 0 Å². The highest BCUT2D eigenvalue weighted by molar-refractivity contribution is 6.09. The van der Waals surface area contributed by atoms with E-state index in [1.165, 1.54) is 0 Å². The summed E-state index contributed by atoms with van der Waals surface area (Å²) in [5, 5.41) is 0. The molecule has 124 valence electrons. The van der Waals surface area contributed by atoms with Crippen LogP contribution in [0.1, 0.15) is 35.7 Å². The van der Waals surface area contributed by atoms with Gasteiger partial charge in [0.1, 0.15) is 5.75 Å². The lowest BCUT2D eigenvalue weighted by Gasteiger charge is -2.12. The molecular weight excluding hydrogens is 312 g/mol. The van der Waals surface area contributed by atoms with Crippen molar-refractivity contribution >= 4 is 11.8 Å². The van der Waals surface area contributed by atoms with Gasteiger partial charge in [-0.05, 0) is 30.7 Å². The van der Waals surface area contributed by atoms with E-state index in [1.54, 1.807) is 67.6 Å². The second-order valence-electron chi connectivity index (χ2n) is 5.70. The summed E-state index contributed by atoms with van der Waals surface area (Å²) in [6, 6.07) is 22.7. The van der Waals surface area contributed by atoms with Gasteiger partial charge in [0.25, 0.3) is 0 Å². The van der Waals surface area contributed by atoms with Crippen LogP contribution in [0, 0.1) is 0 Å². The van der Waals surface area contributed by atoms with Crippen molar-refractivity contribution in [3.05, 3.63) is 102 Å². The van der Waals surface area contributed by atoms with E-state index < -0.39 is 11.9 Å². The van der Waals surface area contributed by atoms with Crippen molar-refractivity contribution in [2.45, 2.75) is 12.8 Å². The summed E-state index contributed by atoms with van der Waals surface area (Å²) >= 11 is 0. The second-order valence-corrected chi connectivity index (χ2v) is 5.70. The number of rotatable bonds is 5. The lowest BCUT2D eigenvalue weighted by atomic mass is 9.96. The van der Waals surface area contributed by atoms with E-state index in [9.17, 15) is 9.59 Å². The zero-order chi connectivity index (χ0) is 18.5. The van der Waals surface area contributed by atoms with Crippen LogP contribution in [0.4, 0.5) is 0 Å². The molecule has 3 heteroatoms. The number of benzene rings is 3. The van der Waals surface area contributed by atoms with Crippen LogP contribution in [0.3, 0.4) is 0 Å². The molecule has 3 rings (SSSR count). The monoisotopic (exact) mass is 331 g/mol. The maximum absolute atomic E-state index is 12.6. The summed E-state index contributed by atoms with van der Waals surface area (Å²) in [6.07, 6.45) is 0. The highest BCUT2D eigenvalue weighted by Gasteiger charge is 2.19. The molecule has 0 aliphatic carbocycles. The van der Waals surface area contributed by atoms with Crippen molar-refractivity contribution in [3.63, 3.8) is 0 Å². The van der Waals surface area contributed by atoms with Gasteiger partial charge in [-0.25, -0.2) is 0 Å². The van der Waals surface area contributed by atoms with Gasteiger partial charge < -0.3 is 4.74 Å². The quantitative estimate of drug-likeness (QED) is 0.389. The van der Waals surface area contributed by atoms with E-state index in [1.807, 2.05) is 18.2 Å². The molecule has 0 saturated carbocycles. The van der Waals surface area contributed by atoms with Crippen LogP contribution in [0.25, 0.3) is 0 Å². The molecule has 0 N–H and O–H groups in total. The summed E-state index contributed by atoms with van der Waals surface area (Å²) < 4.78 is 12.8. The van der Waals surface area contributed by atoms with E-state index in [0.29, 0.717) is 28.5 Å². The fraction of sp³-hybridized carbons (Fsp3) is 0.0909. The standard InChI is InChI=1S/C22H18O3/c1-16(22(24)25-20-13-6-3-7-14-20)18-11-8-12-19(15-18)21(23)17-9-4-2-5-10-17/h2-16H,1H3/i3D. The van der Waals surface area contributed by atoms with Gasteiger partial charge in [0, 0.05) is 11.1 Å². The third-order valence-electron chi connectivity index (χ3n) is 3.94. The summed E-state index contributed by atoms with van der Waals surface area (Å²) in [5.74, 6) is -0.616. The smallest absolute Gasteiger partial charge is 0.318 e. The Kier molecular flexibility index (Phi) is 4.65. The van der Waals surface area contributed by atoms with E-state index in [-0.39, 0.29) is 5.78 Å². The largest absolute Gasteiger partial charge is 0.426 e. The van der Waals surface area contributed by atoms with Gasteiger partial charge in [-0.2, -0.15) is 0 Å². The van der Waals surface area contributed by atoms with Gasteiger partial charge in [0.2, 0.25) is 0 Å². The predicted octanol–water partition coefficient (Wildman–Crippen LogP) is 4.63. The molecule has 0 aliphatic heterocycles. The van der Waals surface area contributed by atoms with Crippen molar-refractivity contribution in [2.24, 2.45) is 0 Å². The van der Waals surface area contributed by atoms with Gasteiger partial charge in [0.05, 0.1) is 7.29 Å². The molecule has 0 fully saturated rings. The summed E-state index contributed by atoms with van der Waals surface area (Å²) in [4.78, 5) is 25.0. The van der Waals surface area contributed by atoms with Crippen LogP contribution >= 0.6 is 0 Å². The molecule has 3 aromatic rings. The molecule has 1 atom stereocenters. The number of ketones is 1. The average Bonchev–Trinajstić information content (AvgIpc) is 2.69. The van der Waals surface area contributed by atoms with Gasteiger partial charge in [0.15, 0.2) is 5.78 Å². The third-order valence-corrected chi connectivity index (χ3v) is 3.94. The lowest BCUT2D eigenvalue weighted by molar-refractivity contribution is -0.135. The number of esters is 1. The van der Waals surface area contributed by atoms with E-state index in [2.05, 4.69) is 0 Å². The Labute approximate surface area is 148 Å². The van der Waals surface area contributed by atoms with Crippen LogP contribution < -0.4 is 4.74 Å². The lowest BCUT2D eigenvalue weighted by Crippen LogP contribution is -2.16. The molecule has 0 aliphatic rings. The molecule has 0 radical (unpaired) electrons. The van der Waals surface area contributed by atoms with Crippen LogP contribution in [-0.4, -0.2) is 11.8 Å². The first-order valence-corrected chi connectivity index (χ1v) is 8.02. The minimum absolute atomic E-state index is 0.0842. The fourth-order valence-electron chi connectivity index (χ4n) is 2.49. The number of para-hydroxylation sites is 1. The first kappa shape index (κ1) is 15.3. The zero-order valence-corrected chi connectivity index (χ0v) is 13.8. The molecule has 0 aromatic heterocycles. The summed E-state index contributed by atoms with van der Waals surface area (Å²) in [6.45, 7) is 1.74. The van der Waals surface area contributed by atoms with Crippen molar-refractivity contribution in [1.29, 1.82) is 0 Å². The van der Waals surface area contributed by atoms with Crippen molar-refractivity contribution < 1.29 is 15.7 Å². The van der Waals surface area contributed by atoms with E-state index in [0.717, 1.165) is 0 Å². The van der Waals surface area contributed by atoms with E-state index in [4.69, 9.17) is 6.11 Å². The van der Waals surface area contributed by atoms with Crippen molar-refractivity contribution in [3.8, 4) is 5.75 Å². The van der Waals surface area contributed by atoms with Crippen LogP contribution in [0.15, 0.2) is 84.9 Å². The Balaban J connectivity index is 1.77. The number of hydrogen-bond donors (Lipinski definition) is 0.